The summed E-state index contributed by atoms with van der Waals surface area (Å²) < 4.78 is 7.52. The van der Waals surface area contributed by atoms with E-state index in [0.717, 1.165) is 19.4 Å². The van der Waals surface area contributed by atoms with Gasteiger partial charge in [-0.3, -0.25) is 9.59 Å². The van der Waals surface area contributed by atoms with Crippen LogP contribution in [0.5, 0.6) is 5.75 Å². The second kappa shape index (κ2) is 10.4. The van der Waals surface area contributed by atoms with Crippen molar-refractivity contribution in [2.24, 2.45) is 0 Å². The minimum Gasteiger partial charge on any atom is -0.493 e. The van der Waals surface area contributed by atoms with Crippen LogP contribution in [0.4, 0.5) is 5.69 Å². The number of nitrogens with zero attached hydrogens (tertiary/aromatic N) is 2. The van der Waals surface area contributed by atoms with Gasteiger partial charge in [-0.1, -0.05) is 12.1 Å². The number of benzene rings is 1. The van der Waals surface area contributed by atoms with Crippen LogP contribution in [0.1, 0.15) is 39.8 Å². The highest BCUT2D eigenvalue weighted by molar-refractivity contribution is 7.12. The Labute approximate surface area is 173 Å². The molecule has 0 aliphatic heterocycles. The Bertz CT molecular complexity index is 937. The van der Waals surface area contributed by atoms with Crippen molar-refractivity contribution in [3.05, 3.63) is 64.9 Å². The van der Waals surface area contributed by atoms with Gasteiger partial charge in [0.2, 0.25) is 0 Å². The molecule has 0 unspecified atom stereocenters. The second-order valence-corrected chi connectivity index (χ2v) is 7.23. The molecule has 7 nitrogen and oxygen atoms in total. The topological polar surface area (TPSA) is 85.2 Å². The molecule has 1 aromatic carbocycles. The van der Waals surface area contributed by atoms with Gasteiger partial charge < -0.3 is 19.9 Å². The zero-order valence-corrected chi connectivity index (χ0v) is 17.1. The number of thiophene rings is 1. The highest BCUT2D eigenvalue weighted by atomic mass is 32.1. The molecule has 0 saturated heterocycles. The molecular weight excluding hydrogens is 388 g/mol. The average molecular weight is 413 g/mol. The summed E-state index contributed by atoms with van der Waals surface area (Å²) in [6.45, 7) is 3.78. The zero-order valence-electron chi connectivity index (χ0n) is 16.3. The van der Waals surface area contributed by atoms with E-state index in [4.69, 9.17) is 4.74 Å². The molecule has 2 amide bonds. The van der Waals surface area contributed by atoms with E-state index in [1.54, 1.807) is 42.2 Å². The number of aromatic nitrogens is 2. The van der Waals surface area contributed by atoms with E-state index < -0.39 is 0 Å². The number of para-hydroxylation sites is 1. The third-order valence-corrected chi connectivity index (χ3v) is 5.15. The Hall–Kier alpha value is -3.13. The molecule has 8 heteroatoms. The molecule has 0 aliphatic carbocycles. The molecule has 3 aromatic rings. The lowest BCUT2D eigenvalue weighted by Gasteiger charge is -2.11. The molecule has 0 aliphatic rings. The molecule has 0 atom stereocenters. The summed E-state index contributed by atoms with van der Waals surface area (Å²) in [5, 5.41) is 7.54. The van der Waals surface area contributed by atoms with Crippen molar-refractivity contribution in [3.63, 3.8) is 0 Å². The second-order valence-electron chi connectivity index (χ2n) is 6.31. The lowest BCUT2D eigenvalue weighted by molar-refractivity contribution is 0.0957. The largest absolute Gasteiger partial charge is 0.493 e. The van der Waals surface area contributed by atoms with Gasteiger partial charge >= 0.3 is 0 Å². The molecule has 152 valence electrons. The number of aryl methyl sites for hydroxylation is 1. The minimum absolute atomic E-state index is 0.184. The maximum atomic E-state index is 12.7. The summed E-state index contributed by atoms with van der Waals surface area (Å²) in [5.74, 6) is 0.0319. The molecule has 0 radical (unpaired) electrons. The van der Waals surface area contributed by atoms with Gasteiger partial charge in [-0.05, 0) is 43.3 Å². The van der Waals surface area contributed by atoms with E-state index in [0.29, 0.717) is 35.0 Å². The standard InChI is InChI=1S/C21H24N4O3S/c1-2-28-18-8-4-3-7-16(18)20(26)24-17-9-14-29-19(17)21(27)23-10-5-6-12-25-13-11-22-15-25/h3-4,7-9,11,13-15H,2,5-6,10,12H2,1H3,(H,23,27)(H,24,26). The van der Waals surface area contributed by atoms with Crippen LogP contribution in [0.15, 0.2) is 54.4 Å². The van der Waals surface area contributed by atoms with Gasteiger partial charge in [-0.15, -0.1) is 11.3 Å². The van der Waals surface area contributed by atoms with Crippen LogP contribution in [-0.2, 0) is 6.54 Å². The van der Waals surface area contributed by atoms with Crippen LogP contribution in [-0.4, -0.2) is 34.5 Å². The molecule has 0 fully saturated rings. The Kier molecular flexibility index (Phi) is 7.40. The predicted octanol–water partition coefficient (Wildman–Crippen LogP) is 3.81. The van der Waals surface area contributed by atoms with Crippen LogP contribution < -0.4 is 15.4 Å². The van der Waals surface area contributed by atoms with Gasteiger partial charge in [0.15, 0.2) is 0 Å². The van der Waals surface area contributed by atoms with Crippen LogP contribution >= 0.6 is 11.3 Å². The Morgan fingerprint density at radius 3 is 2.83 bits per heavy atom. The quantitative estimate of drug-likeness (QED) is 0.496. The first-order valence-corrected chi connectivity index (χ1v) is 10.4. The van der Waals surface area contributed by atoms with Gasteiger partial charge in [0, 0.05) is 25.5 Å². The van der Waals surface area contributed by atoms with Crippen molar-refractivity contribution in [2.45, 2.75) is 26.3 Å². The van der Waals surface area contributed by atoms with Crippen molar-refractivity contribution in [3.8, 4) is 5.75 Å². The van der Waals surface area contributed by atoms with E-state index in [1.165, 1.54) is 11.3 Å². The van der Waals surface area contributed by atoms with Crippen molar-refractivity contribution < 1.29 is 14.3 Å². The molecule has 3 rings (SSSR count). The van der Waals surface area contributed by atoms with E-state index in [-0.39, 0.29) is 11.8 Å². The molecular formula is C21H24N4O3S. The highest BCUT2D eigenvalue weighted by Crippen LogP contribution is 2.25. The van der Waals surface area contributed by atoms with E-state index in [1.807, 2.05) is 23.8 Å². The summed E-state index contributed by atoms with van der Waals surface area (Å²) >= 11 is 1.30. The normalized spacial score (nSPS) is 10.5. The van der Waals surface area contributed by atoms with Crippen LogP contribution in [0.25, 0.3) is 0 Å². The number of amides is 2. The summed E-state index contributed by atoms with van der Waals surface area (Å²) in [7, 11) is 0. The lowest BCUT2D eigenvalue weighted by Crippen LogP contribution is -2.25. The number of hydrogen-bond acceptors (Lipinski definition) is 5. The van der Waals surface area contributed by atoms with Crippen LogP contribution in [0.3, 0.4) is 0 Å². The molecule has 0 bridgehead atoms. The van der Waals surface area contributed by atoms with Gasteiger partial charge in [0.25, 0.3) is 11.8 Å². The third-order valence-electron chi connectivity index (χ3n) is 4.24. The lowest BCUT2D eigenvalue weighted by atomic mass is 10.2. The minimum atomic E-state index is -0.304. The highest BCUT2D eigenvalue weighted by Gasteiger charge is 2.17. The Morgan fingerprint density at radius 2 is 2.03 bits per heavy atom. The molecule has 0 spiro atoms. The molecule has 2 N–H and O–H groups in total. The summed E-state index contributed by atoms with van der Waals surface area (Å²) in [4.78, 5) is 29.7. The number of carbonyl (C=O) groups excluding carboxylic acids is 2. The van der Waals surface area contributed by atoms with Crippen molar-refractivity contribution in [1.82, 2.24) is 14.9 Å². The van der Waals surface area contributed by atoms with Crippen molar-refractivity contribution in [1.29, 1.82) is 0 Å². The van der Waals surface area contributed by atoms with Crippen LogP contribution in [0.2, 0.25) is 0 Å². The predicted molar refractivity (Wildman–Crippen MR) is 114 cm³/mol. The Morgan fingerprint density at radius 1 is 1.17 bits per heavy atom. The number of nitrogens with one attached hydrogen (secondary N) is 2. The first-order valence-electron chi connectivity index (χ1n) is 9.53. The van der Waals surface area contributed by atoms with Gasteiger partial charge in [0.05, 0.1) is 24.2 Å². The van der Waals surface area contributed by atoms with Crippen molar-refractivity contribution in [2.75, 3.05) is 18.5 Å². The number of carbonyl (C=O) groups is 2. The van der Waals surface area contributed by atoms with E-state index in [2.05, 4.69) is 15.6 Å². The van der Waals surface area contributed by atoms with Crippen molar-refractivity contribution >= 4 is 28.8 Å². The maximum absolute atomic E-state index is 12.7. The summed E-state index contributed by atoms with van der Waals surface area (Å²) in [6.07, 6.45) is 7.25. The SMILES string of the molecule is CCOc1ccccc1C(=O)Nc1ccsc1C(=O)NCCCCn1ccnc1. The molecule has 2 aromatic heterocycles. The number of rotatable bonds is 10. The fourth-order valence-electron chi connectivity index (χ4n) is 2.83. The number of anilines is 1. The van der Waals surface area contributed by atoms with Gasteiger partial charge in [-0.25, -0.2) is 4.98 Å². The van der Waals surface area contributed by atoms with Crippen LogP contribution in [0, 0.1) is 0 Å². The molecule has 2 heterocycles. The smallest absolute Gasteiger partial charge is 0.263 e. The Balaban J connectivity index is 1.53. The van der Waals surface area contributed by atoms with E-state index in [9.17, 15) is 9.59 Å². The monoisotopic (exact) mass is 412 g/mol. The summed E-state index contributed by atoms with van der Waals surface area (Å²) in [5.41, 5.74) is 0.939. The zero-order chi connectivity index (χ0) is 20.5. The fourth-order valence-corrected chi connectivity index (χ4v) is 3.59. The first-order chi connectivity index (χ1) is 14.2. The molecule has 29 heavy (non-hydrogen) atoms. The number of imidazole rings is 1. The van der Waals surface area contributed by atoms with Gasteiger partial charge in [0.1, 0.15) is 10.6 Å². The summed E-state index contributed by atoms with van der Waals surface area (Å²) in [6, 6.07) is 8.79. The number of unbranched alkanes of at least 4 members (excludes halogenated alkanes) is 1. The maximum Gasteiger partial charge on any atom is 0.263 e. The third kappa shape index (κ3) is 5.68. The average Bonchev–Trinajstić information content (AvgIpc) is 3.40. The number of hydrogen-bond donors (Lipinski definition) is 2. The fraction of sp³-hybridized carbons (Fsp3) is 0.286. The van der Waals surface area contributed by atoms with Gasteiger partial charge in [-0.2, -0.15) is 0 Å². The number of ether oxygens (including phenoxy) is 1. The molecule has 0 saturated carbocycles. The first kappa shape index (κ1) is 20.6. The van der Waals surface area contributed by atoms with E-state index >= 15 is 0 Å².